The standard InChI is InChI=1S/C18H20N2O2S2/c1-12-6-16(24-13(12)2)17(21)20-10-18(11-20)7-15(9-23-18)22-14-4-3-5-19-8-14/h3-6,8,15H,7,9-11H2,1-2H3/t15-/m0/s1. The molecule has 1 amide bonds. The van der Waals surface area contributed by atoms with Crippen LogP contribution in [0.5, 0.6) is 5.75 Å². The van der Waals surface area contributed by atoms with Gasteiger partial charge in [-0.25, -0.2) is 0 Å². The number of likely N-dealkylation sites (tertiary alicyclic amines) is 1. The molecule has 0 bridgehead atoms. The van der Waals surface area contributed by atoms with E-state index in [1.54, 1.807) is 23.7 Å². The number of thiophene rings is 1. The van der Waals surface area contributed by atoms with E-state index in [1.807, 2.05) is 34.9 Å². The van der Waals surface area contributed by atoms with Gasteiger partial charge in [-0.05, 0) is 37.6 Å². The number of rotatable bonds is 3. The van der Waals surface area contributed by atoms with Crippen molar-refractivity contribution in [3.05, 3.63) is 45.9 Å². The zero-order valence-electron chi connectivity index (χ0n) is 13.8. The largest absolute Gasteiger partial charge is 0.488 e. The van der Waals surface area contributed by atoms with Crippen molar-refractivity contribution in [3.8, 4) is 5.75 Å². The van der Waals surface area contributed by atoms with Gasteiger partial charge in [0.25, 0.3) is 5.91 Å². The van der Waals surface area contributed by atoms with Gasteiger partial charge in [-0.3, -0.25) is 9.78 Å². The van der Waals surface area contributed by atoms with Crippen LogP contribution >= 0.6 is 23.1 Å². The lowest BCUT2D eigenvalue weighted by atomic mass is 9.92. The lowest BCUT2D eigenvalue weighted by Crippen LogP contribution is -2.60. The van der Waals surface area contributed by atoms with E-state index in [1.165, 1.54) is 10.4 Å². The average molecular weight is 361 g/mol. The van der Waals surface area contributed by atoms with Gasteiger partial charge in [0.2, 0.25) is 0 Å². The van der Waals surface area contributed by atoms with Crippen LogP contribution in [-0.2, 0) is 0 Å². The molecule has 2 aromatic rings. The smallest absolute Gasteiger partial charge is 0.264 e. The molecule has 4 nitrogen and oxygen atoms in total. The molecule has 0 radical (unpaired) electrons. The van der Waals surface area contributed by atoms with Crippen molar-refractivity contribution < 1.29 is 9.53 Å². The third-order valence-electron chi connectivity index (χ3n) is 4.73. The summed E-state index contributed by atoms with van der Waals surface area (Å²) in [6, 6.07) is 5.85. The van der Waals surface area contributed by atoms with Gasteiger partial charge in [-0.2, -0.15) is 0 Å². The highest BCUT2D eigenvalue weighted by atomic mass is 32.2. The van der Waals surface area contributed by atoms with Crippen molar-refractivity contribution >= 4 is 29.0 Å². The van der Waals surface area contributed by atoms with Crippen molar-refractivity contribution in [2.45, 2.75) is 31.1 Å². The second kappa shape index (κ2) is 6.08. The average Bonchev–Trinajstić information content (AvgIpc) is 3.11. The Morgan fingerprint density at radius 3 is 2.92 bits per heavy atom. The third kappa shape index (κ3) is 2.93. The topological polar surface area (TPSA) is 42.4 Å². The Balaban J connectivity index is 1.34. The van der Waals surface area contributed by atoms with Gasteiger partial charge in [-0.15, -0.1) is 23.1 Å². The van der Waals surface area contributed by atoms with Crippen LogP contribution in [0.2, 0.25) is 0 Å². The fraction of sp³-hybridized carbons (Fsp3) is 0.444. The highest BCUT2D eigenvalue weighted by Gasteiger charge is 2.51. The van der Waals surface area contributed by atoms with Crippen molar-refractivity contribution in [1.82, 2.24) is 9.88 Å². The molecule has 6 heteroatoms. The minimum Gasteiger partial charge on any atom is -0.488 e. The first-order chi connectivity index (χ1) is 11.5. The quantitative estimate of drug-likeness (QED) is 0.840. The molecule has 0 saturated carbocycles. The normalized spacial score (nSPS) is 21.8. The number of nitrogens with zero attached hydrogens (tertiary/aromatic N) is 2. The first-order valence-corrected chi connectivity index (χ1v) is 9.92. The molecule has 1 atom stereocenters. The fourth-order valence-electron chi connectivity index (χ4n) is 3.34. The van der Waals surface area contributed by atoms with Crippen LogP contribution in [0.25, 0.3) is 0 Å². The summed E-state index contributed by atoms with van der Waals surface area (Å²) in [5, 5.41) is 0. The number of carbonyl (C=O) groups excluding carboxylic acids is 1. The van der Waals surface area contributed by atoms with Gasteiger partial charge in [-0.1, -0.05) is 0 Å². The Hall–Kier alpha value is -1.53. The minimum absolute atomic E-state index is 0.180. The Kier molecular flexibility index (Phi) is 4.04. The van der Waals surface area contributed by atoms with Gasteiger partial charge in [0.1, 0.15) is 11.9 Å². The van der Waals surface area contributed by atoms with Crippen LogP contribution in [0, 0.1) is 13.8 Å². The summed E-state index contributed by atoms with van der Waals surface area (Å²) >= 11 is 3.55. The second-order valence-corrected chi connectivity index (χ2v) is 9.38. The highest BCUT2D eigenvalue weighted by Crippen LogP contribution is 2.46. The maximum atomic E-state index is 12.6. The lowest BCUT2D eigenvalue weighted by Gasteiger charge is -2.47. The summed E-state index contributed by atoms with van der Waals surface area (Å²) in [4.78, 5) is 20.8. The fourth-order valence-corrected chi connectivity index (χ4v) is 5.86. The molecule has 0 N–H and O–H groups in total. The van der Waals surface area contributed by atoms with Crippen molar-refractivity contribution in [3.63, 3.8) is 0 Å². The van der Waals surface area contributed by atoms with Gasteiger partial charge in [0.15, 0.2) is 0 Å². The predicted octanol–water partition coefficient (Wildman–Crippen LogP) is 3.54. The van der Waals surface area contributed by atoms with E-state index < -0.39 is 0 Å². The van der Waals surface area contributed by atoms with E-state index in [4.69, 9.17) is 4.74 Å². The van der Waals surface area contributed by atoms with E-state index in [2.05, 4.69) is 18.8 Å². The zero-order valence-corrected chi connectivity index (χ0v) is 15.5. The van der Waals surface area contributed by atoms with E-state index in [9.17, 15) is 4.79 Å². The summed E-state index contributed by atoms with van der Waals surface area (Å²) in [6.45, 7) is 5.80. The number of amides is 1. The van der Waals surface area contributed by atoms with E-state index in [-0.39, 0.29) is 16.8 Å². The van der Waals surface area contributed by atoms with Crippen LogP contribution < -0.4 is 4.74 Å². The second-order valence-electron chi connectivity index (χ2n) is 6.64. The molecule has 4 heterocycles. The SMILES string of the molecule is Cc1cc(C(=O)N2CC3(C[C@H](Oc4cccnc4)CS3)C2)sc1C. The number of carbonyl (C=O) groups is 1. The van der Waals surface area contributed by atoms with Gasteiger partial charge >= 0.3 is 0 Å². The van der Waals surface area contributed by atoms with E-state index >= 15 is 0 Å². The zero-order chi connectivity index (χ0) is 16.7. The molecular weight excluding hydrogens is 340 g/mol. The van der Waals surface area contributed by atoms with Crippen LogP contribution in [-0.4, -0.2) is 45.5 Å². The summed E-state index contributed by atoms with van der Waals surface area (Å²) in [7, 11) is 0. The Bertz CT molecular complexity index is 734. The number of aromatic nitrogens is 1. The molecular formula is C18H20N2O2S2. The van der Waals surface area contributed by atoms with Crippen LogP contribution in [0.3, 0.4) is 0 Å². The number of thioether (sulfide) groups is 1. The molecule has 2 aliphatic rings. The molecule has 2 fully saturated rings. The molecule has 1 spiro atoms. The van der Waals surface area contributed by atoms with E-state index in [0.717, 1.165) is 35.9 Å². The molecule has 2 aliphatic heterocycles. The highest BCUT2D eigenvalue weighted by molar-refractivity contribution is 8.01. The number of pyridine rings is 1. The summed E-state index contributed by atoms with van der Waals surface area (Å²) in [6.07, 6.45) is 4.72. The molecule has 0 unspecified atom stereocenters. The maximum absolute atomic E-state index is 12.6. The predicted molar refractivity (Wildman–Crippen MR) is 98.2 cm³/mol. The Morgan fingerprint density at radius 1 is 1.42 bits per heavy atom. The summed E-state index contributed by atoms with van der Waals surface area (Å²) in [5.41, 5.74) is 1.21. The molecule has 0 aromatic carbocycles. The van der Waals surface area contributed by atoms with Crippen molar-refractivity contribution in [2.24, 2.45) is 0 Å². The molecule has 2 saturated heterocycles. The van der Waals surface area contributed by atoms with Crippen LogP contribution in [0.15, 0.2) is 30.6 Å². The summed E-state index contributed by atoms with van der Waals surface area (Å²) in [5.74, 6) is 1.99. The molecule has 126 valence electrons. The van der Waals surface area contributed by atoms with Gasteiger partial charge in [0.05, 0.1) is 15.8 Å². The van der Waals surface area contributed by atoms with Crippen molar-refractivity contribution in [2.75, 3.05) is 18.8 Å². The van der Waals surface area contributed by atoms with Crippen LogP contribution in [0.4, 0.5) is 0 Å². The molecule has 2 aromatic heterocycles. The molecule has 0 aliphatic carbocycles. The Morgan fingerprint density at radius 2 is 2.25 bits per heavy atom. The van der Waals surface area contributed by atoms with Crippen LogP contribution in [0.1, 0.15) is 26.5 Å². The minimum atomic E-state index is 0.180. The summed E-state index contributed by atoms with van der Waals surface area (Å²) < 4.78 is 6.21. The number of ether oxygens (including phenoxy) is 1. The van der Waals surface area contributed by atoms with Gasteiger partial charge < -0.3 is 9.64 Å². The monoisotopic (exact) mass is 360 g/mol. The molecule has 24 heavy (non-hydrogen) atoms. The maximum Gasteiger partial charge on any atom is 0.264 e. The number of hydrogen-bond acceptors (Lipinski definition) is 5. The number of aryl methyl sites for hydroxylation is 2. The third-order valence-corrected chi connectivity index (χ3v) is 7.45. The molecule has 4 rings (SSSR count). The van der Waals surface area contributed by atoms with E-state index in [0.29, 0.717) is 0 Å². The van der Waals surface area contributed by atoms with Crippen molar-refractivity contribution in [1.29, 1.82) is 0 Å². The number of hydrogen-bond donors (Lipinski definition) is 0. The first-order valence-electron chi connectivity index (χ1n) is 8.12. The van der Waals surface area contributed by atoms with Gasteiger partial charge in [0, 0.05) is 36.3 Å². The lowest BCUT2D eigenvalue weighted by molar-refractivity contribution is 0.0523. The Labute approximate surface area is 150 Å². The first kappa shape index (κ1) is 16.0.